The first-order valence-electron chi connectivity index (χ1n) is 15.1. The highest BCUT2D eigenvalue weighted by atomic mass is 32.1. The van der Waals surface area contributed by atoms with E-state index in [1.54, 1.807) is 43.9 Å². The average Bonchev–Trinajstić information content (AvgIpc) is 3.81. The number of nitrogens with one attached hydrogen (secondary N) is 1. The summed E-state index contributed by atoms with van der Waals surface area (Å²) in [6.07, 6.45) is 0. The molecule has 234 valence electrons. The number of piperazine rings is 1. The lowest BCUT2D eigenvalue weighted by Gasteiger charge is -2.35. The smallest absolute Gasteiger partial charge is 0.272 e. The van der Waals surface area contributed by atoms with E-state index in [0.717, 1.165) is 11.3 Å². The average molecular weight is 644 g/mol. The molecule has 0 atom stereocenters. The van der Waals surface area contributed by atoms with Crippen LogP contribution in [0.2, 0.25) is 0 Å². The van der Waals surface area contributed by atoms with Crippen molar-refractivity contribution in [3.05, 3.63) is 135 Å². The number of nitro groups is 1. The summed E-state index contributed by atoms with van der Waals surface area (Å²) < 4.78 is 1.65. The van der Waals surface area contributed by atoms with E-state index in [9.17, 15) is 19.7 Å². The van der Waals surface area contributed by atoms with Crippen LogP contribution in [0, 0.1) is 10.1 Å². The monoisotopic (exact) mass is 643 g/mol. The van der Waals surface area contributed by atoms with Crippen molar-refractivity contribution in [1.29, 1.82) is 0 Å². The Morgan fingerprint density at radius 3 is 2.21 bits per heavy atom. The third-order valence-electron chi connectivity index (χ3n) is 8.13. The summed E-state index contributed by atoms with van der Waals surface area (Å²) in [5.41, 5.74) is 4.85. The molecular weight excluding hydrogens is 614 g/mol. The van der Waals surface area contributed by atoms with Gasteiger partial charge in [0.2, 0.25) is 0 Å². The van der Waals surface area contributed by atoms with Crippen molar-refractivity contribution in [3.63, 3.8) is 0 Å². The van der Waals surface area contributed by atoms with Gasteiger partial charge in [-0.05, 0) is 41.8 Å². The highest BCUT2D eigenvalue weighted by Gasteiger charge is 2.28. The number of para-hydroxylation sites is 1. The molecule has 11 nitrogen and oxygen atoms in total. The van der Waals surface area contributed by atoms with Crippen molar-refractivity contribution in [1.82, 2.24) is 24.4 Å². The summed E-state index contributed by atoms with van der Waals surface area (Å²) in [4.78, 5) is 47.6. The first-order valence-corrected chi connectivity index (χ1v) is 16.0. The van der Waals surface area contributed by atoms with E-state index in [0.29, 0.717) is 60.9 Å². The largest absolute Gasteiger partial charge is 0.380 e. The van der Waals surface area contributed by atoms with Crippen LogP contribution in [-0.4, -0.2) is 67.3 Å². The van der Waals surface area contributed by atoms with Gasteiger partial charge in [0.05, 0.1) is 21.9 Å². The van der Waals surface area contributed by atoms with Gasteiger partial charge in [-0.15, -0.1) is 11.3 Å². The molecule has 1 fully saturated rings. The number of nitro benzene ring substituents is 1. The maximum absolute atomic E-state index is 13.9. The molecule has 47 heavy (non-hydrogen) atoms. The number of benzene rings is 3. The quantitative estimate of drug-likeness (QED) is 0.154. The number of hydrogen-bond acceptors (Lipinski definition) is 8. The molecule has 6 aromatic rings. The molecule has 0 bridgehead atoms. The Balaban J connectivity index is 1.12. The Morgan fingerprint density at radius 1 is 0.809 bits per heavy atom. The SMILES string of the molecule is O=C(c1cc(-c2ccc([N+](=O)[O-])cc2)n2nc(-c3ccccc3)cc2n1)N1CCN(C(=O)c2ccccc2NCc2cccs2)CC1. The molecule has 0 unspecified atom stereocenters. The molecule has 0 spiro atoms. The predicted molar refractivity (Wildman–Crippen MR) is 180 cm³/mol. The van der Waals surface area contributed by atoms with Crippen LogP contribution in [0.25, 0.3) is 28.2 Å². The van der Waals surface area contributed by atoms with Crippen molar-refractivity contribution < 1.29 is 14.5 Å². The van der Waals surface area contributed by atoms with Gasteiger partial charge < -0.3 is 15.1 Å². The van der Waals surface area contributed by atoms with Gasteiger partial charge >= 0.3 is 0 Å². The van der Waals surface area contributed by atoms with E-state index in [1.165, 1.54) is 17.0 Å². The fourth-order valence-electron chi connectivity index (χ4n) is 5.66. The summed E-state index contributed by atoms with van der Waals surface area (Å²) >= 11 is 1.66. The van der Waals surface area contributed by atoms with Gasteiger partial charge in [-0.3, -0.25) is 19.7 Å². The number of anilines is 1. The number of amides is 2. The molecule has 0 radical (unpaired) electrons. The molecule has 1 aliphatic heterocycles. The highest BCUT2D eigenvalue weighted by Crippen LogP contribution is 2.28. The van der Waals surface area contributed by atoms with Crippen LogP contribution >= 0.6 is 11.3 Å². The maximum atomic E-state index is 13.9. The van der Waals surface area contributed by atoms with E-state index in [4.69, 9.17) is 10.1 Å². The normalized spacial score (nSPS) is 13.1. The van der Waals surface area contributed by atoms with Crippen molar-refractivity contribution in [3.8, 4) is 22.5 Å². The van der Waals surface area contributed by atoms with Crippen LogP contribution in [0.3, 0.4) is 0 Å². The Hall–Kier alpha value is -5.88. The van der Waals surface area contributed by atoms with E-state index in [1.807, 2.05) is 72.1 Å². The fraction of sp³-hybridized carbons (Fsp3) is 0.143. The second kappa shape index (κ2) is 12.9. The minimum absolute atomic E-state index is 0.0332. The zero-order chi connectivity index (χ0) is 32.3. The topological polar surface area (TPSA) is 126 Å². The number of carbonyl (C=O) groups excluding carboxylic acids is 2. The second-order valence-electron chi connectivity index (χ2n) is 11.1. The molecule has 1 N–H and O–H groups in total. The lowest BCUT2D eigenvalue weighted by molar-refractivity contribution is -0.384. The van der Waals surface area contributed by atoms with Crippen LogP contribution in [0.4, 0.5) is 11.4 Å². The van der Waals surface area contributed by atoms with Gasteiger partial charge in [-0.2, -0.15) is 5.10 Å². The van der Waals surface area contributed by atoms with E-state index in [-0.39, 0.29) is 23.2 Å². The lowest BCUT2D eigenvalue weighted by Crippen LogP contribution is -2.50. The third kappa shape index (κ3) is 6.18. The Kier molecular flexibility index (Phi) is 8.15. The number of thiophene rings is 1. The summed E-state index contributed by atoms with van der Waals surface area (Å²) in [6, 6.07) is 30.8. The molecule has 0 aliphatic carbocycles. The van der Waals surface area contributed by atoms with E-state index in [2.05, 4.69) is 11.4 Å². The molecule has 4 heterocycles. The zero-order valence-corrected chi connectivity index (χ0v) is 26.0. The number of hydrogen-bond donors (Lipinski definition) is 1. The van der Waals surface area contributed by atoms with Gasteiger partial charge in [0.25, 0.3) is 17.5 Å². The molecule has 2 amide bonds. The number of non-ortho nitro benzene ring substituents is 1. The van der Waals surface area contributed by atoms with Crippen molar-refractivity contribution in [2.45, 2.75) is 6.54 Å². The molecule has 3 aromatic heterocycles. The van der Waals surface area contributed by atoms with Gasteiger partial charge in [-0.1, -0.05) is 48.5 Å². The summed E-state index contributed by atoms with van der Waals surface area (Å²) in [5.74, 6) is -0.345. The predicted octanol–water partition coefficient (Wildman–Crippen LogP) is 6.24. The lowest BCUT2D eigenvalue weighted by atomic mass is 10.1. The van der Waals surface area contributed by atoms with Crippen LogP contribution in [0.5, 0.6) is 0 Å². The fourth-order valence-corrected chi connectivity index (χ4v) is 6.30. The van der Waals surface area contributed by atoms with Crippen molar-refractivity contribution in [2.24, 2.45) is 0 Å². The summed E-state index contributed by atoms with van der Waals surface area (Å²) in [6.45, 7) is 2.10. The van der Waals surface area contributed by atoms with Gasteiger partial charge in [0, 0.05) is 72.6 Å². The van der Waals surface area contributed by atoms with Crippen LogP contribution in [-0.2, 0) is 6.54 Å². The minimum atomic E-state index is -0.451. The molecule has 0 saturated carbocycles. The molecular formula is C35H29N7O4S. The zero-order valence-electron chi connectivity index (χ0n) is 25.2. The Morgan fingerprint density at radius 2 is 1.51 bits per heavy atom. The molecule has 3 aromatic carbocycles. The van der Waals surface area contributed by atoms with Gasteiger partial charge in [0.1, 0.15) is 5.69 Å². The molecule has 12 heteroatoms. The van der Waals surface area contributed by atoms with Crippen molar-refractivity contribution >= 4 is 40.2 Å². The summed E-state index contributed by atoms with van der Waals surface area (Å²) in [5, 5.41) is 21.5. The van der Waals surface area contributed by atoms with Gasteiger partial charge in [0.15, 0.2) is 5.65 Å². The van der Waals surface area contributed by atoms with E-state index < -0.39 is 4.92 Å². The number of fused-ring (bicyclic) bond motifs is 1. The third-order valence-corrected chi connectivity index (χ3v) is 9.01. The molecule has 7 rings (SSSR count). The number of rotatable bonds is 8. The van der Waals surface area contributed by atoms with Crippen LogP contribution in [0.1, 0.15) is 25.7 Å². The number of carbonyl (C=O) groups is 2. The minimum Gasteiger partial charge on any atom is -0.380 e. The Labute approximate surface area is 273 Å². The number of nitrogens with zero attached hydrogens (tertiary/aromatic N) is 6. The first-order chi connectivity index (χ1) is 22.9. The van der Waals surface area contributed by atoms with Crippen LogP contribution in [0.15, 0.2) is 109 Å². The first kappa shape index (κ1) is 29.8. The van der Waals surface area contributed by atoms with Crippen molar-refractivity contribution in [2.75, 3.05) is 31.5 Å². The molecule has 1 aliphatic rings. The maximum Gasteiger partial charge on any atom is 0.272 e. The highest BCUT2D eigenvalue weighted by molar-refractivity contribution is 7.09. The van der Waals surface area contributed by atoms with Gasteiger partial charge in [-0.25, -0.2) is 9.50 Å². The molecule has 1 saturated heterocycles. The van der Waals surface area contributed by atoms with E-state index >= 15 is 0 Å². The standard InChI is InChI=1S/C35H29N7O4S/c43-34(28-10-4-5-11-29(28)36-23-27-9-6-20-47-27)39-16-18-40(19-17-39)35(44)31-21-32(25-12-14-26(15-13-25)42(45)46)41-33(37-31)22-30(38-41)24-7-2-1-3-8-24/h1-15,20-22,36H,16-19,23H2. The number of aromatic nitrogens is 3. The summed E-state index contributed by atoms with van der Waals surface area (Å²) in [7, 11) is 0. The Bertz CT molecular complexity index is 2070. The van der Waals surface area contributed by atoms with Crippen LogP contribution < -0.4 is 5.32 Å². The second-order valence-corrected chi connectivity index (χ2v) is 12.1.